The molecular formula is C32H40N4O3. The Morgan fingerprint density at radius 1 is 1.13 bits per heavy atom. The number of amides is 1. The van der Waals surface area contributed by atoms with E-state index in [9.17, 15) is 9.90 Å². The van der Waals surface area contributed by atoms with Crippen molar-refractivity contribution < 1.29 is 14.6 Å². The number of hydrogen-bond acceptors (Lipinski definition) is 4. The predicted octanol–water partition coefficient (Wildman–Crippen LogP) is 5.80. The predicted molar refractivity (Wildman–Crippen MR) is 155 cm³/mol. The van der Waals surface area contributed by atoms with Gasteiger partial charge in [0.1, 0.15) is 11.3 Å². The van der Waals surface area contributed by atoms with Crippen LogP contribution in [-0.4, -0.2) is 56.8 Å². The molecule has 1 aliphatic heterocycles. The number of aliphatic hydroxyl groups is 1. The van der Waals surface area contributed by atoms with Crippen LogP contribution in [0.5, 0.6) is 5.75 Å². The molecule has 1 saturated heterocycles. The molecule has 2 aromatic heterocycles. The average molecular weight is 529 g/mol. The Labute approximate surface area is 230 Å². The van der Waals surface area contributed by atoms with Crippen LogP contribution >= 0.6 is 0 Å². The molecular weight excluding hydrogens is 488 g/mol. The van der Waals surface area contributed by atoms with Gasteiger partial charge in [0.15, 0.2) is 5.82 Å². The van der Waals surface area contributed by atoms with Gasteiger partial charge < -0.3 is 23.9 Å². The Hall–Kier alpha value is -3.32. The number of aliphatic hydroxyl groups excluding tert-OH is 1. The molecule has 6 rings (SSSR count). The molecule has 2 aromatic carbocycles. The molecule has 1 aliphatic carbocycles. The van der Waals surface area contributed by atoms with E-state index in [0.717, 1.165) is 67.9 Å². The monoisotopic (exact) mass is 528 g/mol. The number of piperidine rings is 1. The Kier molecular flexibility index (Phi) is 7.10. The quantitative estimate of drug-likeness (QED) is 0.298. The van der Waals surface area contributed by atoms with Crippen molar-refractivity contribution in [2.75, 3.05) is 26.8 Å². The van der Waals surface area contributed by atoms with Crippen LogP contribution in [0.15, 0.2) is 36.4 Å². The van der Waals surface area contributed by atoms with E-state index in [-0.39, 0.29) is 12.5 Å². The summed E-state index contributed by atoms with van der Waals surface area (Å²) in [5.41, 5.74) is 5.93. The third kappa shape index (κ3) is 4.82. The first kappa shape index (κ1) is 25.9. The molecule has 0 unspecified atom stereocenters. The number of imidazole rings is 1. The fourth-order valence-electron chi connectivity index (χ4n) is 6.39. The number of likely N-dealkylation sites (tertiary alicyclic amines) is 1. The molecule has 206 valence electrons. The van der Waals surface area contributed by atoms with Crippen molar-refractivity contribution in [3.63, 3.8) is 0 Å². The Morgan fingerprint density at radius 2 is 1.97 bits per heavy atom. The number of aromatic nitrogens is 3. The molecule has 7 nitrogen and oxygen atoms in total. The number of ether oxygens (including phenoxy) is 1. The molecule has 3 heterocycles. The number of nitrogens with zero attached hydrogens (tertiary/aromatic N) is 4. The lowest BCUT2D eigenvalue weighted by Gasteiger charge is -2.32. The minimum atomic E-state index is 0.0666. The number of carbonyl (C=O) groups excluding carboxylic acids is 1. The van der Waals surface area contributed by atoms with Gasteiger partial charge in [-0.2, -0.15) is 0 Å². The molecule has 39 heavy (non-hydrogen) atoms. The van der Waals surface area contributed by atoms with Gasteiger partial charge in [-0.1, -0.05) is 31.5 Å². The normalized spacial score (nSPS) is 17.8. The zero-order chi connectivity index (χ0) is 27.1. The number of rotatable bonds is 9. The van der Waals surface area contributed by atoms with Crippen molar-refractivity contribution in [2.24, 2.45) is 18.9 Å². The van der Waals surface area contributed by atoms with Crippen LogP contribution in [0.1, 0.15) is 61.4 Å². The SMILES string of the molecule is CC[C@@H]1CCCN(C(=O)c2cc(OC)c3c(c2)nc(-c2cc4cccc(CCCO)c4n2CC2CC2)n3C)C1. The Morgan fingerprint density at radius 3 is 2.72 bits per heavy atom. The standard InChI is InChI=1S/C32H40N4O3/c1-4-21-8-6-14-35(19-21)32(38)25-16-26-30(28(18-25)39-3)34(2)31(33-26)27-17-24-10-5-9-23(11-7-15-37)29(24)36(27)20-22-12-13-22/h5,9-10,16-18,21-22,37H,4,6-8,11-15,19-20H2,1-3H3/t21-/m1/s1. The highest BCUT2D eigenvalue weighted by atomic mass is 16.5. The van der Waals surface area contributed by atoms with Crippen LogP contribution in [0.3, 0.4) is 0 Å². The van der Waals surface area contributed by atoms with E-state index in [1.807, 2.05) is 24.1 Å². The number of fused-ring (bicyclic) bond motifs is 2. The van der Waals surface area contributed by atoms with E-state index >= 15 is 0 Å². The number of hydrogen-bond donors (Lipinski definition) is 1. The second-order valence-corrected chi connectivity index (χ2v) is 11.5. The van der Waals surface area contributed by atoms with Crippen molar-refractivity contribution in [2.45, 2.75) is 58.4 Å². The number of para-hydroxylation sites is 1. The first-order chi connectivity index (χ1) is 19.0. The average Bonchev–Trinajstić information content (AvgIpc) is 3.63. The Bertz CT molecular complexity index is 1510. The minimum Gasteiger partial charge on any atom is -0.494 e. The van der Waals surface area contributed by atoms with Crippen LogP contribution < -0.4 is 4.74 Å². The number of aryl methyl sites for hydroxylation is 2. The smallest absolute Gasteiger partial charge is 0.254 e. The van der Waals surface area contributed by atoms with Crippen molar-refractivity contribution >= 4 is 27.8 Å². The summed E-state index contributed by atoms with van der Waals surface area (Å²) in [6.45, 7) is 4.99. The van der Waals surface area contributed by atoms with Gasteiger partial charge in [-0.15, -0.1) is 0 Å². The number of carbonyl (C=O) groups is 1. The molecule has 1 amide bonds. The lowest BCUT2D eigenvalue weighted by Crippen LogP contribution is -2.39. The van der Waals surface area contributed by atoms with E-state index in [2.05, 4.69) is 40.3 Å². The second-order valence-electron chi connectivity index (χ2n) is 11.5. The van der Waals surface area contributed by atoms with Crippen molar-refractivity contribution in [3.8, 4) is 17.3 Å². The fourth-order valence-corrected chi connectivity index (χ4v) is 6.39. The molecule has 4 aromatic rings. The topological polar surface area (TPSA) is 72.5 Å². The summed E-state index contributed by atoms with van der Waals surface area (Å²) in [6.07, 6.45) is 7.47. The summed E-state index contributed by atoms with van der Waals surface area (Å²) in [4.78, 5) is 20.7. The highest BCUT2D eigenvalue weighted by Gasteiger charge is 2.28. The molecule has 1 saturated carbocycles. The van der Waals surface area contributed by atoms with Gasteiger partial charge in [0.05, 0.1) is 23.8 Å². The molecule has 1 atom stereocenters. The van der Waals surface area contributed by atoms with Crippen LogP contribution in [0.2, 0.25) is 0 Å². The fraction of sp³-hybridized carbons (Fsp3) is 0.500. The zero-order valence-electron chi connectivity index (χ0n) is 23.4. The number of methoxy groups -OCH3 is 1. The second kappa shape index (κ2) is 10.7. The van der Waals surface area contributed by atoms with Gasteiger partial charge in [-0.3, -0.25) is 4.79 Å². The first-order valence-corrected chi connectivity index (χ1v) is 14.6. The van der Waals surface area contributed by atoms with Gasteiger partial charge >= 0.3 is 0 Å². The highest BCUT2D eigenvalue weighted by Crippen LogP contribution is 2.39. The summed E-state index contributed by atoms with van der Waals surface area (Å²) in [6, 6.07) is 12.5. The maximum absolute atomic E-state index is 13.6. The van der Waals surface area contributed by atoms with Gasteiger partial charge in [0, 0.05) is 44.2 Å². The Balaban J connectivity index is 1.46. The third-order valence-electron chi connectivity index (χ3n) is 8.76. The molecule has 1 N–H and O–H groups in total. The first-order valence-electron chi connectivity index (χ1n) is 14.6. The summed E-state index contributed by atoms with van der Waals surface area (Å²) in [5, 5.41) is 10.7. The summed E-state index contributed by atoms with van der Waals surface area (Å²) in [7, 11) is 3.71. The van der Waals surface area contributed by atoms with Crippen LogP contribution in [0.25, 0.3) is 33.5 Å². The summed E-state index contributed by atoms with van der Waals surface area (Å²) < 4.78 is 10.4. The molecule has 2 aliphatic rings. The van der Waals surface area contributed by atoms with Gasteiger partial charge in [0.25, 0.3) is 5.91 Å². The maximum Gasteiger partial charge on any atom is 0.254 e. The van der Waals surface area contributed by atoms with Gasteiger partial charge in [-0.25, -0.2) is 4.98 Å². The van der Waals surface area contributed by atoms with Gasteiger partial charge in [-0.05, 0) is 74.1 Å². The van der Waals surface area contributed by atoms with Crippen LogP contribution in [0.4, 0.5) is 0 Å². The molecule has 0 radical (unpaired) electrons. The lowest BCUT2D eigenvalue weighted by molar-refractivity contribution is 0.0671. The lowest BCUT2D eigenvalue weighted by atomic mass is 9.95. The molecule has 7 heteroatoms. The van der Waals surface area contributed by atoms with E-state index in [0.29, 0.717) is 23.1 Å². The summed E-state index contributed by atoms with van der Waals surface area (Å²) >= 11 is 0. The van der Waals surface area contributed by atoms with E-state index < -0.39 is 0 Å². The highest BCUT2D eigenvalue weighted by molar-refractivity contribution is 6.00. The van der Waals surface area contributed by atoms with Crippen molar-refractivity contribution in [1.29, 1.82) is 0 Å². The minimum absolute atomic E-state index is 0.0666. The largest absolute Gasteiger partial charge is 0.494 e. The van der Waals surface area contributed by atoms with Gasteiger partial charge in [0.2, 0.25) is 0 Å². The van der Waals surface area contributed by atoms with Crippen molar-refractivity contribution in [3.05, 3.63) is 47.5 Å². The van der Waals surface area contributed by atoms with Crippen LogP contribution in [-0.2, 0) is 20.0 Å². The molecule has 2 fully saturated rings. The van der Waals surface area contributed by atoms with E-state index in [4.69, 9.17) is 9.72 Å². The zero-order valence-corrected chi connectivity index (χ0v) is 23.4. The maximum atomic E-state index is 13.6. The molecule has 0 bridgehead atoms. The van der Waals surface area contributed by atoms with E-state index in [1.54, 1.807) is 7.11 Å². The molecule has 0 spiro atoms. The summed E-state index contributed by atoms with van der Waals surface area (Å²) in [5.74, 6) is 2.88. The third-order valence-corrected chi connectivity index (χ3v) is 8.76. The van der Waals surface area contributed by atoms with E-state index in [1.165, 1.54) is 35.7 Å². The number of benzene rings is 2. The van der Waals surface area contributed by atoms with Crippen molar-refractivity contribution in [1.82, 2.24) is 19.0 Å². The van der Waals surface area contributed by atoms with Crippen LogP contribution in [0, 0.1) is 11.8 Å².